The fourth-order valence-corrected chi connectivity index (χ4v) is 2.49. The van der Waals surface area contributed by atoms with Crippen molar-refractivity contribution in [1.82, 2.24) is 10.3 Å². The summed E-state index contributed by atoms with van der Waals surface area (Å²) in [5.74, 6) is -1.13. The zero-order valence-electron chi connectivity index (χ0n) is 9.99. The fourth-order valence-electron chi connectivity index (χ4n) is 1.76. The van der Waals surface area contributed by atoms with E-state index in [9.17, 15) is 8.78 Å². The third-order valence-corrected chi connectivity index (χ3v) is 3.36. The Kier molecular flexibility index (Phi) is 4.38. The second-order valence-corrected chi connectivity index (χ2v) is 4.89. The van der Waals surface area contributed by atoms with Crippen molar-refractivity contribution in [3.63, 3.8) is 0 Å². The van der Waals surface area contributed by atoms with E-state index in [1.807, 2.05) is 12.3 Å². The van der Waals surface area contributed by atoms with Gasteiger partial charge in [0.15, 0.2) is 0 Å². The number of benzene rings is 1. The lowest BCUT2D eigenvalue weighted by Gasteiger charge is -2.16. The summed E-state index contributed by atoms with van der Waals surface area (Å²) in [7, 11) is 0. The van der Waals surface area contributed by atoms with Gasteiger partial charge < -0.3 is 5.32 Å². The molecule has 1 heterocycles. The predicted molar refractivity (Wildman–Crippen MR) is 68.6 cm³/mol. The lowest BCUT2D eigenvalue weighted by molar-refractivity contribution is 0.557. The van der Waals surface area contributed by atoms with Gasteiger partial charge in [0.25, 0.3) is 0 Å². The van der Waals surface area contributed by atoms with Gasteiger partial charge >= 0.3 is 0 Å². The van der Waals surface area contributed by atoms with Crippen molar-refractivity contribution in [1.29, 1.82) is 0 Å². The molecule has 0 aliphatic rings. The van der Waals surface area contributed by atoms with Crippen LogP contribution in [-0.4, -0.2) is 11.5 Å². The van der Waals surface area contributed by atoms with Gasteiger partial charge in [0.2, 0.25) is 0 Å². The Morgan fingerprint density at radius 3 is 2.56 bits per heavy atom. The number of nitrogens with one attached hydrogen (secondary N) is 1. The molecule has 2 nitrogen and oxygen atoms in total. The monoisotopic (exact) mass is 268 g/mol. The molecule has 0 amide bonds. The summed E-state index contributed by atoms with van der Waals surface area (Å²) in [5.41, 5.74) is 0.566. The van der Waals surface area contributed by atoms with Gasteiger partial charge in [-0.15, -0.1) is 11.3 Å². The highest BCUT2D eigenvalue weighted by Gasteiger charge is 2.17. The van der Waals surface area contributed by atoms with Crippen LogP contribution in [0.2, 0.25) is 0 Å². The van der Waals surface area contributed by atoms with Crippen molar-refractivity contribution < 1.29 is 8.78 Å². The molecule has 96 valence electrons. The Bertz CT molecular complexity index is 479. The first-order valence-electron chi connectivity index (χ1n) is 5.79. The maximum absolute atomic E-state index is 13.3. The minimum Gasteiger partial charge on any atom is -0.304 e. The molecule has 0 saturated carbocycles. The fraction of sp³-hybridized carbons (Fsp3) is 0.308. The molecule has 0 radical (unpaired) electrons. The quantitative estimate of drug-likeness (QED) is 0.897. The van der Waals surface area contributed by atoms with Crippen molar-refractivity contribution in [3.8, 4) is 0 Å². The number of hydrogen-bond donors (Lipinski definition) is 1. The molecule has 0 saturated heterocycles. The Labute approximate surface area is 109 Å². The van der Waals surface area contributed by atoms with E-state index in [4.69, 9.17) is 0 Å². The molecule has 2 aromatic rings. The van der Waals surface area contributed by atoms with E-state index >= 15 is 0 Å². The van der Waals surface area contributed by atoms with E-state index in [0.29, 0.717) is 5.56 Å². The van der Waals surface area contributed by atoms with Crippen LogP contribution in [0.1, 0.15) is 30.0 Å². The molecule has 0 aliphatic heterocycles. The zero-order valence-corrected chi connectivity index (χ0v) is 10.8. The van der Waals surface area contributed by atoms with Crippen LogP contribution in [0, 0.1) is 11.6 Å². The summed E-state index contributed by atoms with van der Waals surface area (Å²) in [5, 5.41) is 5.92. The first-order chi connectivity index (χ1) is 8.70. The second kappa shape index (κ2) is 6.02. The minimum absolute atomic E-state index is 0.254. The highest BCUT2D eigenvalue weighted by molar-refractivity contribution is 7.09. The first-order valence-corrected chi connectivity index (χ1v) is 6.67. The standard InChI is InChI=1S/C13H14F2N2S/c1-2-3-16-12(13-17-4-5-18-13)9-6-10(14)8-11(15)7-9/h4-8,12,16H,2-3H2,1H3. The SMILES string of the molecule is CCCNC(c1cc(F)cc(F)c1)c1nccs1. The van der Waals surface area contributed by atoms with Crippen molar-refractivity contribution in [2.45, 2.75) is 19.4 Å². The van der Waals surface area contributed by atoms with E-state index in [2.05, 4.69) is 10.3 Å². The Morgan fingerprint density at radius 2 is 2.00 bits per heavy atom. The summed E-state index contributed by atoms with van der Waals surface area (Å²) in [6.45, 7) is 2.81. The molecule has 1 N–H and O–H groups in total. The number of hydrogen-bond acceptors (Lipinski definition) is 3. The lowest BCUT2D eigenvalue weighted by atomic mass is 10.1. The number of aromatic nitrogens is 1. The molecule has 2 rings (SSSR count). The van der Waals surface area contributed by atoms with E-state index < -0.39 is 11.6 Å². The maximum atomic E-state index is 13.3. The van der Waals surface area contributed by atoms with Gasteiger partial charge in [0.05, 0.1) is 6.04 Å². The third-order valence-electron chi connectivity index (χ3n) is 2.52. The van der Waals surface area contributed by atoms with Gasteiger partial charge in [-0.1, -0.05) is 6.92 Å². The van der Waals surface area contributed by atoms with Crippen LogP contribution in [0.4, 0.5) is 8.78 Å². The molecule has 5 heteroatoms. The van der Waals surface area contributed by atoms with E-state index in [0.717, 1.165) is 24.0 Å². The summed E-state index contributed by atoms with van der Waals surface area (Å²) in [6.07, 6.45) is 2.63. The lowest BCUT2D eigenvalue weighted by Crippen LogP contribution is -2.23. The van der Waals surface area contributed by atoms with Crippen LogP contribution < -0.4 is 5.32 Å². The topological polar surface area (TPSA) is 24.9 Å². The number of halogens is 2. The van der Waals surface area contributed by atoms with Crippen LogP contribution >= 0.6 is 11.3 Å². The summed E-state index contributed by atoms with van der Waals surface area (Å²) < 4.78 is 26.5. The van der Waals surface area contributed by atoms with E-state index in [1.165, 1.54) is 23.5 Å². The van der Waals surface area contributed by atoms with Gasteiger partial charge in [-0.25, -0.2) is 13.8 Å². The van der Waals surface area contributed by atoms with Gasteiger partial charge in [-0.2, -0.15) is 0 Å². The maximum Gasteiger partial charge on any atom is 0.126 e. The predicted octanol–water partition coefficient (Wildman–Crippen LogP) is 3.51. The first kappa shape index (κ1) is 13.1. The minimum atomic E-state index is -0.565. The molecule has 1 atom stereocenters. The van der Waals surface area contributed by atoms with Gasteiger partial charge in [-0.3, -0.25) is 0 Å². The number of nitrogens with zero attached hydrogens (tertiary/aromatic N) is 1. The largest absolute Gasteiger partial charge is 0.304 e. The molecule has 0 bridgehead atoms. The van der Waals surface area contributed by atoms with Crippen LogP contribution in [0.15, 0.2) is 29.8 Å². The molecule has 0 fully saturated rings. The van der Waals surface area contributed by atoms with Crippen molar-refractivity contribution in [3.05, 3.63) is 52.0 Å². The number of rotatable bonds is 5. The molecule has 1 aromatic carbocycles. The Balaban J connectivity index is 2.33. The van der Waals surface area contributed by atoms with Crippen molar-refractivity contribution >= 4 is 11.3 Å². The van der Waals surface area contributed by atoms with E-state index in [1.54, 1.807) is 6.20 Å². The average Bonchev–Trinajstić information content (AvgIpc) is 2.82. The van der Waals surface area contributed by atoms with Crippen LogP contribution in [0.3, 0.4) is 0 Å². The zero-order chi connectivity index (χ0) is 13.0. The summed E-state index contributed by atoms with van der Waals surface area (Å²) in [4.78, 5) is 4.22. The highest BCUT2D eigenvalue weighted by Crippen LogP contribution is 2.25. The van der Waals surface area contributed by atoms with Crippen LogP contribution in [0.5, 0.6) is 0 Å². The van der Waals surface area contributed by atoms with Crippen molar-refractivity contribution in [2.75, 3.05) is 6.54 Å². The summed E-state index contributed by atoms with van der Waals surface area (Å²) >= 11 is 1.47. The highest BCUT2D eigenvalue weighted by atomic mass is 32.1. The molecule has 0 spiro atoms. The van der Waals surface area contributed by atoms with Crippen molar-refractivity contribution in [2.24, 2.45) is 0 Å². The van der Waals surface area contributed by atoms with Crippen LogP contribution in [-0.2, 0) is 0 Å². The normalized spacial score (nSPS) is 12.6. The van der Waals surface area contributed by atoms with Gasteiger partial charge in [0.1, 0.15) is 16.6 Å². The van der Waals surface area contributed by atoms with Gasteiger partial charge in [-0.05, 0) is 30.7 Å². The summed E-state index contributed by atoms with van der Waals surface area (Å²) in [6, 6.07) is 3.31. The smallest absolute Gasteiger partial charge is 0.126 e. The molecule has 18 heavy (non-hydrogen) atoms. The van der Waals surface area contributed by atoms with Crippen LogP contribution in [0.25, 0.3) is 0 Å². The molecular weight excluding hydrogens is 254 g/mol. The molecule has 0 aliphatic carbocycles. The average molecular weight is 268 g/mol. The Morgan fingerprint density at radius 1 is 1.28 bits per heavy atom. The molecular formula is C13H14F2N2S. The number of thiazole rings is 1. The Hall–Kier alpha value is -1.33. The van der Waals surface area contributed by atoms with Gasteiger partial charge in [0, 0.05) is 17.6 Å². The second-order valence-electron chi connectivity index (χ2n) is 3.96. The molecule has 1 unspecified atom stereocenters. The third kappa shape index (κ3) is 3.11. The molecule has 1 aromatic heterocycles. The van der Waals surface area contributed by atoms with E-state index in [-0.39, 0.29) is 6.04 Å².